The molecule has 5 nitrogen and oxygen atoms in total. The van der Waals surface area contributed by atoms with E-state index in [9.17, 15) is 18.3 Å². The highest BCUT2D eigenvalue weighted by Crippen LogP contribution is 2.43. The van der Waals surface area contributed by atoms with Gasteiger partial charge in [-0.2, -0.15) is 9.97 Å². The number of alkyl halides is 2. The lowest BCUT2D eigenvalue weighted by atomic mass is 9.81. The Bertz CT molecular complexity index is 635. The monoisotopic (exact) mass is 328 g/mol. The molecule has 8 heteroatoms. The van der Waals surface area contributed by atoms with Crippen molar-refractivity contribution in [3.05, 3.63) is 17.5 Å². The fourth-order valence-electron chi connectivity index (χ4n) is 2.87. The van der Waals surface area contributed by atoms with Gasteiger partial charge in [0.25, 0.3) is 5.92 Å². The van der Waals surface area contributed by atoms with E-state index >= 15 is 0 Å². The first-order chi connectivity index (χ1) is 10.9. The Labute approximate surface area is 132 Å². The number of aryl methyl sites for hydroxylation is 1. The number of halogens is 3. The minimum absolute atomic E-state index is 0.0695. The molecule has 0 aliphatic heterocycles. The highest BCUT2D eigenvalue weighted by molar-refractivity contribution is 5.64. The topological polar surface area (TPSA) is 70.9 Å². The van der Waals surface area contributed by atoms with E-state index in [0.29, 0.717) is 31.5 Å². The van der Waals surface area contributed by atoms with Gasteiger partial charge in [-0.1, -0.05) is 0 Å². The van der Waals surface area contributed by atoms with Crippen LogP contribution in [-0.4, -0.2) is 38.6 Å². The van der Waals surface area contributed by atoms with E-state index in [1.807, 2.05) is 0 Å². The molecule has 1 aromatic heterocycles. The number of rotatable bonds is 4. The van der Waals surface area contributed by atoms with Gasteiger partial charge in [0.1, 0.15) is 17.8 Å². The van der Waals surface area contributed by atoms with Gasteiger partial charge in [-0.15, -0.1) is 0 Å². The minimum atomic E-state index is -2.64. The van der Waals surface area contributed by atoms with Crippen molar-refractivity contribution in [2.75, 3.05) is 11.9 Å². The van der Waals surface area contributed by atoms with Crippen molar-refractivity contribution in [1.82, 2.24) is 15.0 Å². The lowest BCUT2D eigenvalue weighted by molar-refractivity contribution is -0.126. The molecule has 1 saturated carbocycles. The third-order valence-corrected chi connectivity index (χ3v) is 4.43. The largest absolute Gasteiger partial charge is 0.386 e. The van der Waals surface area contributed by atoms with Crippen LogP contribution in [0.4, 0.5) is 19.1 Å². The van der Waals surface area contributed by atoms with Crippen LogP contribution in [0.1, 0.15) is 43.8 Å². The predicted octanol–water partition coefficient (Wildman–Crippen LogP) is 2.86. The maximum atomic E-state index is 14.1. The van der Waals surface area contributed by atoms with Gasteiger partial charge in [-0.25, -0.2) is 18.2 Å². The Morgan fingerprint density at radius 2 is 2.04 bits per heavy atom. The lowest BCUT2D eigenvalue weighted by Gasteiger charge is -2.36. The van der Waals surface area contributed by atoms with Crippen molar-refractivity contribution in [1.29, 1.82) is 0 Å². The van der Waals surface area contributed by atoms with Gasteiger partial charge in [0.2, 0.25) is 5.95 Å². The second kappa shape index (κ2) is 6.07. The van der Waals surface area contributed by atoms with E-state index in [1.54, 1.807) is 6.92 Å². The third kappa shape index (κ3) is 3.31. The van der Waals surface area contributed by atoms with E-state index in [4.69, 9.17) is 0 Å². The summed E-state index contributed by atoms with van der Waals surface area (Å²) in [4.78, 5) is 12.3. The summed E-state index contributed by atoms with van der Waals surface area (Å²) in [5, 5.41) is 12.4. The van der Waals surface area contributed by atoms with Crippen LogP contribution in [0.3, 0.4) is 0 Å². The van der Waals surface area contributed by atoms with Gasteiger partial charge in [-0.05, 0) is 32.6 Å². The molecule has 2 aliphatic carbocycles. The smallest absolute Gasteiger partial charge is 0.252 e. The molecule has 2 atom stereocenters. The zero-order chi connectivity index (χ0) is 16.6. The molecule has 0 bridgehead atoms. The fraction of sp³-hybridized carbons (Fsp3) is 0.667. The van der Waals surface area contributed by atoms with Crippen LogP contribution in [0.5, 0.6) is 0 Å². The molecule has 2 N–H and O–H groups in total. The van der Waals surface area contributed by atoms with Gasteiger partial charge in [0.05, 0.1) is 0 Å². The first-order valence-electron chi connectivity index (χ1n) is 7.78. The first kappa shape index (κ1) is 16.2. The second-order valence-corrected chi connectivity index (χ2v) is 6.14. The number of aliphatic hydroxyl groups is 1. The standard InChI is InChI=1S/C15H19F3N4O/c1-8-20-13(10-3-2-4-11(23)12(10)16)22-14(21-8)19-7-9-5-6-15(9,17)18/h9,11,23H,2-7H2,1H3,(H,19,20,21,22). The predicted molar refractivity (Wildman–Crippen MR) is 78.6 cm³/mol. The molecule has 2 unspecified atom stereocenters. The molecule has 1 fully saturated rings. The van der Waals surface area contributed by atoms with Gasteiger partial charge >= 0.3 is 0 Å². The van der Waals surface area contributed by atoms with Gasteiger partial charge in [0, 0.05) is 24.5 Å². The molecular formula is C15H19F3N4O. The summed E-state index contributed by atoms with van der Waals surface area (Å²) in [5.41, 5.74) is 0.270. The summed E-state index contributed by atoms with van der Waals surface area (Å²) in [5.74, 6) is -3.28. The summed E-state index contributed by atoms with van der Waals surface area (Å²) in [7, 11) is 0. The fourth-order valence-corrected chi connectivity index (χ4v) is 2.87. The first-order valence-corrected chi connectivity index (χ1v) is 7.78. The van der Waals surface area contributed by atoms with Crippen LogP contribution < -0.4 is 5.32 Å². The van der Waals surface area contributed by atoms with Crippen LogP contribution in [0.15, 0.2) is 5.83 Å². The van der Waals surface area contributed by atoms with E-state index in [2.05, 4.69) is 20.3 Å². The Kier molecular flexibility index (Phi) is 4.27. The number of hydrogen-bond acceptors (Lipinski definition) is 5. The quantitative estimate of drug-likeness (QED) is 0.889. The maximum Gasteiger partial charge on any atom is 0.252 e. The van der Waals surface area contributed by atoms with E-state index in [-0.39, 0.29) is 30.3 Å². The molecule has 3 rings (SSSR count). The van der Waals surface area contributed by atoms with Gasteiger partial charge in [-0.3, -0.25) is 0 Å². The van der Waals surface area contributed by atoms with Crippen LogP contribution in [0, 0.1) is 12.8 Å². The maximum absolute atomic E-state index is 14.1. The van der Waals surface area contributed by atoms with E-state index in [1.165, 1.54) is 0 Å². The molecule has 0 amide bonds. The molecular weight excluding hydrogens is 309 g/mol. The number of anilines is 1. The van der Waals surface area contributed by atoms with Crippen molar-refractivity contribution in [3.8, 4) is 0 Å². The number of allylic oxidation sites excluding steroid dienone is 1. The highest BCUT2D eigenvalue weighted by atomic mass is 19.3. The van der Waals surface area contributed by atoms with Crippen molar-refractivity contribution in [2.24, 2.45) is 5.92 Å². The Hall–Kier alpha value is -1.70. The minimum Gasteiger partial charge on any atom is -0.386 e. The van der Waals surface area contributed by atoms with Crippen LogP contribution in [0.25, 0.3) is 5.57 Å². The Morgan fingerprint density at radius 1 is 1.26 bits per heavy atom. The summed E-state index contributed by atoms with van der Waals surface area (Å²) < 4.78 is 40.6. The molecule has 0 radical (unpaired) electrons. The third-order valence-electron chi connectivity index (χ3n) is 4.43. The van der Waals surface area contributed by atoms with Crippen molar-refractivity contribution in [3.63, 3.8) is 0 Å². The molecule has 0 aromatic carbocycles. The van der Waals surface area contributed by atoms with Crippen molar-refractivity contribution >= 4 is 11.5 Å². The SMILES string of the molecule is Cc1nc(NCC2CCC2(F)F)nc(C2=C(F)C(O)CCC2)n1. The molecule has 23 heavy (non-hydrogen) atoms. The molecule has 126 valence electrons. The highest BCUT2D eigenvalue weighted by Gasteiger charge is 2.47. The van der Waals surface area contributed by atoms with Gasteiger partial charge in [0.15, 0.2) is 5.82 Å². The summed E-state index contributed by atoms with van der Waals surface area (Å²) in [6.07, 6.45) is 0.708. The molecule has 0 saturated heterocycles. The van der Waals surface area contributed by atoms with Gasteiger partial charge < -0.3 is 10.4 Å². The Morgan fingerprint density at radius 3 is 2.70 bits per heavy atom. The zero-order valence-electron chi connectivity index (χ0n) is 12.8. The summed E-state index contributed by atoms with van der Waals surface area (Å²) >= 11 is 0. The zero-order valence-corrected chi connectivity index (χ0v) is 12.8. The number of aliphatic hydroxyl groups excluding tert-OH is 1. The molecule has 1 heterocycles. The average molecular weight is 328 g/mol. The average Bonchev–Trinajstić information content (AvgIpc) is 2.48. The summed E-state index contributed by atoms with van der Waals surface area (Å²) in [6.45, 7) is 1.70. The number of hydrogen-bond donors (Lipinski definition) is 2. The summed E-state index contributed by atoms with van der Waals surface area (Å²) in [6, 6.07) is 0. The van der Waals surface area contributed by atoms with Crippen LogP contribution in [0.2, 0.25) is 0 Å². The molecule has 2 aliphatic rings. The van der Waals surface area contributed by atoms with Crippen molar-refractivity contribution in [2.45, 2.75) is 51.1 Å². The number of nitrogens with one attached hydrogen (secondary N) is 1. The molecule has 0 spiro atoms. The number of aromatic nitrogens is 3. The Balaban J connectivity index is 1.78. The molecule has 1 aromatic rings. The second-order valence-electron chi connectivity index (χ2n) is 6.14. The normalized spacial score (nSPS) is 26.8. The van der Waals surface area contributed by atoms with Crippen LogP contribution >= 0.6 is 0 Å². The van der Waals surface area contributed by atoms with E-state index in [0.717, 1.165) is 0 Å². The van der Waals surface area contributed by atoms with Crippen LogP contribution in [-0.2, 0) is 0 Å². The van der Waals surface area contributed by atoms with E-state index < -0.39 is 23.8 Å². The number of nitrogens with zero attached hydrogens (tertiary/aromatic N) is 3. The lowest BCUT2D eigenvalue weighted by Crippen LogP contribution is -2.42. The van der Waals surface area contributed by atoms with Crippen molar-refractivity contribution < 1.29 is 18.3 Å².